The SMILES string of the molecule is CC(NC(=O)CN1CCC(NC(N)=O)C1)c1cccc2ccccc12. The van der Waals surface area contributed by atoms with Gasteiger partial charge in [0.05, 0.1) is 12.6 Å². The molecule has 0 bridgehead atoms. The van der Waals surface area contributed by atoms with Gasteiger partial charge in [0.1, 0.15) is 0 Å². The van der Waals surface area contributed by atoms with Crippen LogP contribution in [0, 0.1) is 0 Å². The summed E-state index contributed by atoms with van der Waals surface area (Å²) in [6.07, 6.45) is 0.815. The lowest BCUT2D eigenvalue weighted by atomic mass is 10.00. The first-order valence-electron chi connectivity index (χ1n) is 8.58. The second-order valence-electron chi connectivity index (χ2n) is 6.59. The number of hydrogen-bond donors (Lipinski definition) is 3. The fourth-order valence-corrected chi connectivity index (χ4v) is 3.49. The molecular formula is C19H24N4O2. The van der Waals surface area contributed by atoms with Crippen LogP contribution < -0.4 is 16.4 Å². The molecule has 6 nitrogen and oxygen atoms in total. The number of likely N-dealkylation sites (tertiary alicyclic amines) is 1. The van der Waals surface area contributed by atoms with Gasteiger partial charge in [-0.05, 0) is 29.7 Å². The molecule has 3 rings (SSSR count). The molecule has 0 spiro atoms. The molecule has 2 atom stereocenters. The molecule has 1 heterocycles. The zero-order valence-corrected chi connectivity index (χ0v) is 14.4. The number of urea groups is 1. The molecule has 4 N–H and O–H groups in total. The quantitative estimate of drug-likeness (QED) is 0.775. The maximum absolute atomic E-state index is 12.4. The van der Waals surface area contributed by atoms with E-state index in [0.717, 1.165) is 23.9 Å². The van der Waals surface area contributed by atoms with Gasteiger partial charge in [0.2, 0.25) is 5.91 Å². The molecule has 0 aliphatic carbocycles. The Labute approximate surface area is 147 Å². The van der Waals surface area contributed by atoms with Gasteiger partial charge in [-0.3, -0.25) is 9.69 Å². The van der Waals surface area contributed by atoms with Crippen LogP contribution in [0.4, 0.5) is 4.79 Å². The molecule has 1 saturated heterocycles. The molecule has 0 radical (unpaired) electrons. The predicted octanol–water partition coefficient (Wildman–Crippen LogP) is 1.76. The topological polar surface area (TPSA) is 87.5 Å². The van der Waals surface area contributed by atoms with E-state index in [4.69, 9.17) is 5.73 Å². The van der Waals surface area contributed by atoms with Crippen LogP contribution in [0.3, 0.4) is 0 Å². The van der Waals surface area contributed by atoms with E-state index in [-0.39, 0.29) is 18.0 Å². The number of fused-ring (bicyclic) bond motifs is 1. The molecule has 2 aromatic carbocycles. The lowest BCUT2D eigenvalue weighted by molar-refractivity contribution is -0.122. The Balaban J connectivity index is 1.58. The first-order valence-corrected chi connectivity index (χ1v) is 8.58. The number of nitrogens with two attached hydrogens (primary N) is 1. The van der Waals surface area contributed by atoms with Crippen molar-refractivity contribution in [3.05, 3.63) is 48.0 Å². The Bertz CT molecular complexity index is 772. The van der Waals surface area contributed by atoms with Crippen molar-refractivity contribution in [3.63, 3.8) is 0 Å². The Kier molecular flexibility index (Phi) is 5.19. The molecule has 25 heavy (non-hydrogen) atoms. The van der Waals surface area contributed by atoms with Crippen molar-refractivity contribution < 1.29 is 9.59 Å². The van der Waals surface area contributed by atoms with Crippen molar-refractivity contribution in [2.45, 2.75) is 25.4 Å². The van der Waals surface area contributed by atoms with Gasteiger partial charge < -0.3 is 16.4 Å². The highest BCUT2D eigenvalue weighted by atomic mass is 16.2. The van der Waals surface area contributed by atoms with Crippen LogP contribution in [0.1, 0.15) is 24.9 Å². The number of benzene rings is 2. The minimum absolute atomic E-state index is 0.0137. The summed E-state index contributed by atoms with van der Waals surface area (Å²) < 4.78 is 0. The molecule has 1 aliphatic heterocycles. The second-order valence-corrected chi connectivity index (χ2v) is 6.59. The normalized spacial score (nSPS) is 18.8. The summed E-state index contributed by atoms with van der Waals surface area (Å²) in [7, 11) is 0. The average Bonchev–Trinajstić information content (AvgIpc) is 3.00. The summed E-state index contributed by atoms with van der Waals surface area (Å²) >= 11 is 0. The van der Waals surface area contributed by atoms with Crippen molar-refractivity contribution in [1.82, 2.24) is 15.5 Å². The maximum atomic E-state index is 12.4. The van der Waals surface area contributed by atoms with E-state index in [1.165, 1.54) is 5.39 Å². The highest BCUT2D eigenvalue weighted by Gasteiger charge is 2.25. The van der Waals surface area contributed by atoms with Gasteiger partial charge in [0.25, 0.3) is 0 Å². The Hall–Kier alpha value is -2.60. The zero-order chi connectivity index (χ0) is 17.8. The highest BCUT2D eigenvalue weighted by molar-refractivity contribution is 5.87. The molecule has 3 amide bonds. The smallest absolute Gasteiger partial charge is 0.312 e. The summed E-state index contributed by atoms with van der Waals surface area (Å²) in [5.74, 6) is -0.0137. The van der Waals surface area contributed by atoms with E-state index in [2.05, 4.69) is 34.9 Å². The van der Waals surface area contributed by atoms with Crippen molar-refractivity contribution in [3.8, 4) is 0 Å². The van der Waals surface area contributed by atoms with E-state index in [1.807, 2.05) is 30.0 Å². The number of hydrogen-bond acceptors (Lipinski definition) is 3. The van der Waals surface area contributed by atoms with Crippen molar-refractivity contribution in [2.75, 3.05) is 19.6 Å². The molecular weight excluding hydrogens is 316 g/mol. The minimum Gasteiger partial charge on any atom is -0.352 e. The van der Waals surface area contributed by atoms with E-state index < -0.39 is 6.03 Å². The largest absolute Gasteiger partial charge is 0.352 e. The molecule has 132 valence electrons. The molecule has 0 aromatic heterocycles. The molecule has 6 heteroatoms. The van der Waals surface area contributed by atoms with E-state index in [1.54, 1.807) is 0 Å². The van der Waals surface area contributed by atoms with Gasteiger partial charge in [-0.2, -0.15) is 0 Å². The second kappa shape index (κ2) is 7.53. The summed E-state index contributed by atoms with van der Waals surface area (Å²) in [5.41, 5.74) is 6.26. The van der Waals surface area contributed by atoms with E-state index >= 15 is 0 Å². The molecule has 0 saturated carbocycles. The third-order valence-electron chi connectivity index (χ3n) is 4.65. The van der Waals surface area contributed by atoms with E-state index in [0.29, 0.717) is 13.1 Å². The minimum atomic E-state index is -0.513. The number of nitrogens with zero attached hydrogens (tertiary/aromatic N) is 1. The fourth-order valence-electron chi connectivity index (χ4n) is 3.49. The molecule has 1 fully saturated rings. The summed E-state index contributed by atoms with van der Waals surface area (Å²) in [6, 6.07) is 13.8. The van der Waals surface area contributed by atoms with Gasteiger partial charge in [0.15, 0.2) is 0 Å². The van der Waals surface area contributed by atoms with Crippen molar-refractivity contribution in [1.29, 1.82) is 0 Å². The first kappa shape index (κ1) is 17.2. The van der Waals surface area contributed by atoms with Crippen LogP contribution in [0.2, 0.25) is 0 Å². The monoisotopic (exact) mass is 340 g/mol. The summed E-state index contributed by atoms with van der Waals surface area (Å²) in [4.78, 5) is 25.3. The van der Waals surface area contributed by atoms with Crippen LogP contribution in [0.5, 0.6) is 0 Å². The maximum Gasteiger partial charge on any atom is 0.312 e. The number of nitrogens with one attached hydrogen (secondary N) is 2. The van der Waals surface area contributed by atoms with Gasteiger partial charge in [-0.1, -0.05) is 42.5 Å². The Morgan fingerprint density at radius 1 is 1.24 bits per heavy atom. The standard InChI is InChI=1S/C19H24N4O2/c1-13(16-8-4-6-14-5-2-3-7-17(14)16)21-18(24)12-23-10-9-15(11-23)22-19(20)25/h2-8,13,15H,9-12H2,1H3,(H,21,24)(H3,20,22,25). The van der Waals surface area contributed by atoms with Gasteiger partial charge in [-0.25, -0.2) is 4.79 Å². The fraction of sp³-hybridized carbons (Fsp3) is 0.368. The predicted molar refractivity (Wildman–Crippen MR) is 98.1 cm³/mol. The molecule has 2 unspecified atom stereocenters. The Morgan fingerprint density at radius 2 is 2.00 bits per heavy atom. The summed E-state index contributed by atoms with van der Waals surface area (Å²) in [5, 5.41) is 8.10. The van der Waals surface area contributed by atoms with Crippen molar-refractivity contribution in [2.24, 2.45) is 5.73 Å². The molecule has 1 aliphatic rings. The first-order chi connectivity index (χ1) is 12.0. The highest BCUT2D eigenvalue weighted by Crippen LogP contribution is 2.24. The van der Waals surface area contributed by atoms with Gasteiger partial charge in [0, 0.05) is 19.1 Å². The van der Waals surface area contributed by atoms with Gasteiger partial charge in [-0.15, -0.1) is 0 Å². The lowest BCUT2D eigenvalue weighted by Gasteiger charge is -2.20. The number of amides is 3. The van der Waals surface area contributed by atoms with Crippen LogP contribution in [0.15, 0.2) is 42.5 Å². The third kappa shape index (κ3) is 4.28. The Morgan fingerprint density at radius 3 is 2.80 bits per heavy atom. The summed E-state index contributed by atoms with van der Waals surface area (Å²) in [6.45, 7) is 3.76. The van der Waals surface area contributed by atoms with Crippen LogP contribution >= 0.6 is 0 Å². The number of carbonyl (C=O) groups is 2. The number of primary amides is 1. The number of carbonyl (C=O) groups excluding carboxylic acids is 2. The zero-order valence-electron chi connectivity index (χ0n) is 14.4. The lowest BCUT2D eigenvalue weighted by Crippen LogP contribution is -2.42. The van der Waals surface area contributed by atoms with Crippen LogP contribution in [-0.2, 0) is 4.79 Å². The third-order valence-corrected chi connectivity index (χ3v) is 4.65. The van der Waals surface area contributed by atoms with Gasteiger partial charge >= 0.3 is 6.03 Å². The number of rotatable bonds is 5. The van der Waals surface area contributed by atoms with Crippen LogP contribution in [0.25, 0.3) is 10.8 Å². The molecule has 2 aromatic rings. The average molecular weight is 340 g/mol. The van der Waals surface area contributed by atoms with Crippen LogP contribution in [-0.4, -0.2) is 42.5 Å². The van der Waals surface area contributed by atoms with Crippen molar-refractivity contribution >= 4 is 22.7 Å². The van der Waals surface area contributed by atoms with E-state index in [9.17, 15) is 9.59 Å².